The number of rotatable bonds is 5. The van der Waals surface area contributed by atoms with E-state index in [1.54, 1.807) is 11.3 Å². The fraction of sp³-hybridized carbons (Fsp3) is 0.625. The van der Waals surface area contributed by atoms with Crippen molar-refractivity contribution in [3.05, 3.63) is 21.9 Å². The highest BCUT2D eigenvalue weighted by Gasteiger charge is 2.40. The minimum atomic E-state index is -0.809. The molecule has 0 spiro atoms. The molecule has 0 fully saturated rings. The number of amides is 1. The van der Waals surface area contributed by atoms with Gasteiger partial charge in [0.15, 0.2) is 0 Å². The van der Waals surface area contributed by atoms with Crippen molar-refractivity contribution in [1.29, 1.82) is 5.26 Å². The third-order valence-corrected chi connectivity index (χ3v) is 5.09. The lowest BCUT2D eigenvalue weighted by atomic mass is 9.79. The molecule has 108 valence electrons. The number of nitriles is 1. The second kappa shape index (κ2) is 6.41. The van der Waals surface area contributed by atoms with Crippen molar-refractivity contribution in [1.82, 2.24) is 4.90 Å². The average molecular weight is 290 g/mol. The highest BCUT2D eigenvalue weighted by atomic mass is 32.1. The molecule has 0 aliphatic carbocycles. The van der Waals surface area contributed by atoms with Crippen LogP contribution in [0.1, 0.15) is 50.0 Å². The molecule has 0 saturated heterocycles. The molecule has 1 aliphatic heterocycles. The van der Waals surface area contributed by atoms with E-state index in [0.717, 1.165) is 25.8 Å². The van der Waals surface area contributed by atoms with Crippen molar-refractivity contribution < 1.29 is 4.79 Å². The molecule has 1 aromatic heterocycles. The quantitative estimate of drug-likeness (QED) is 0.829. The van der Waals surface area contributed by atoms with E-state index in [4.69, 9.17) is 0 Å². The van der Waals surface area contributed by atoms with Gasteiger partial charge in [-0.2, -0.15) is 5.26 Å². The number of nitrogens with zero attached hydrogens (tertiary/aromatic N) is 2. The Morgan fingerprint density at radius 1 is 1.45 bits per heavy atom. The normalized spacial score (nSPS) is 14.8. The van der Waals surface area contributed by atoms with E-state index in [-0.39, 0.29) is 5.91 Å². The maximum Gasteiger partial charge on any atom is 0.243 e. The molecule has 0 saturated carbocycles. The minimum Gasteiger partial charge on any atom is -0.337 e. The molecular weight excluding hydrogens is 268 g/mol. The van der Waals surface area contributed by atoms with Crippen LogP contribution in [0, 0.1) is 16.7 Å². The van der Waals surface area contributed by atoms with Gasteiger partial charge >= 0.3 is 0 Å². The summed E-state index contributed by atoms with van der Waals surface area (Å²) in [7, 11) is 0. The first-order valence-electron chi connectivity index (χ1n) is 7.42. The van der Waals surface area contributed by atoms with E-state index >= 15 is 0 Å². The van der Waals surface area contributed by atoms with Crippen molar-refractivity contribution in [2.45, 2.75) is 52.5 Å². The fourth-order valence-electron chi connectivity index (χ4n) is 3.08. The van der Waals surface area contributed by atoms with Crippen LogP contribution in [0.2, 0.25) is 0 Å². The van der Waals surface area contributed by atoms with E-state index in [1.165, 1.54) is 10.4 Å². The van der Waals surface area contributed by atoms with Gasteiger partial charge in [0.1, 0.15) is 5.41 Å². The molecule has 0 bridgehead atoms. The first-order chi connectivity index (χ1) is 9.66. The molecule has 20 heavy (non-hydrogen) atoms. The molecule has 4 heteroatoms. The molecule has 0 unspecified atom stereocenters. The van der Waals surface area contributed by atoms with Gasteiger partial charge in [-0.3, -0.25) is 4.79 Å². The van der Waals surface area contributed by atoms with Crippen molar-refractivity contribution in [2.75, 3.05) is 6.54 Å². The number of thiophene rings is 1. The third-order valence-electron chi connectivity index (χ3n) is 4.07. The van der Waals surface area contributed by atoms with Crippen molar-refractivity contribution in [3.63, 3.8) is 0 Å². The molecule has 0 atom stereocenters. The Labute approximate surface area is 125 Å². The van der Waals surface area contributed by atoms with Gasteiger partial charge in [0.05, 0.1) is 6.07 Å². The Kier molecular flexibility index (Phi) is 4.82. The zero-order valence-electron chi connectivity index (χ0n) is 12.3. The van der Waals surface area contributed by atoms with Gasteiger partial charge in [0.2, 0.25) is 5.91 Å². The molecule has 0 N–H and O–H groups in total. The van der Waals surface area contributed by atoms with Crippen LogP contribution < -0.4 is 0 Å². The SMILES string of the molecule is CCCC(C#N)(CCC)C(=O)N1CCc2sccc2C1. The zero-order valence-corrected chi connectivity index (χ0v) is 13.1. The minimum absolute atomic E-state index is 0.0422. The smallest absolute Gasteiger partial charge is 0.243 e. The summed E-state index contributed by atoms with van der Waals surface area (Å²) in [5, 5.41) is 11.7. The van der Waals surface area contributed by atoms with Crippen molar-refractivity contribution in [2.24, 2.45) is 5.41 Å². The Balaban J connectivity index is 2.19. The molecular formula is C16H22N2OS. The van der Waals surface area contributed by atoms with E-state index in [9.17, 15) is 10.1 Å². The summed E-state index contributed by atoms with van der Waals surface area (Å²) >= 11 is 1.77. The molecule has 2 heterocycles. The summed E-state index contributed by atoms with van der Waals surface area (Å²) in [4.78, 5) is 16.2. The fourth-order valence-corrected chi connectivity index (χ4v) is 3.97. The lowest BCUT2D eigenvalue weighted by Gasteiger charge is -2.34. The zero-order chi connectivity index (χ0) is 14.6. The van der Waals surface area contributed by atoms with Crippen LogP contribution in [-0.4, -0.2) is 17.4 Å². The van der Waals surface area contributed by atoms with Crippen LogP contribution in [0.4, 0.5) is 0 Å². The molecule has 1 aromatic rings. The van der Waals surface area contributed by atoms with Crippen LogP contribution in [0.15, 0.2) is 11.4 Å². The lowest BCUT2D eigenvalue weighted by molar-refractivity contribution is -0.140. The van der Waals surface area contributed by atoms with Crippen LogP contribution in [0.25, 0.3) is 0 Å². The first-order valence-corrected chi connectivity index (χ1v) is 8.30. The van der Waals surface area contributed by atoms with E-state index in [2.05, 4.69) is 17.5 Å². The summed E-state index contributed by atoms with van der Waals surface area (Å²) in [6, 6.07) is 4.45. The van der Waals surface area contributed by atoms with Crippen LogP contribution >= 0.6 is 11.3 Å². The molecule has 1 aliphatic rings. The van der Waals surface area contributed by atoms with Gasteiger partial charge < -0.3 is 4.90 Å². The Bertz CT molecular complexity index is 509. The standard InChI is InChI=1S/C16H22N2OS/c1-3-7-16(12-17,8-4-2)15(19)18-9-5-14-13(11-18)6-10-20-14/h6,10H,3-5,7-9,11H2,1-2H3. The second-order valence-electron chi connectivity index (χ2n) is 5.54. The largest absolute Gasteiger partial charge is 0.337 e. The number of hydrogen-bond acceptors (Lipinski definition) is 3. The van der Waals surface area contributed by atoms with E-state index < -0.39 is 5.41 Å². The number of carbonyl (C=O) groups is 1. The number of fused-ring (bicyclic) bond motifs is 1. The summed E-state index contributed by atoms with van der Waals surface area (Å²) in [5.41, 5.74) is 0.450. The predicted octanol–water partition coefficient (Wildman–Crippen LogP) is 3.74. The predicted molar refractivity (Wildman–Crippen MR) is 81.3 cm³/mol. The molecule has 2 rings (SSSR count). The van der Waals surface area contributed by atoms with Gasteiger partial charge in [-0.25, -0.2) is 0 Å². The third kappa shape index (κ3) is 2.73. The number of hydrogen-bond donors (Lipinski definition) is 0. The summed E-state index contributed by atoms with van der Waals surface area (Å²) < 4.78 is 0. The Morgan fingerprint density at radius 2 is 2.15 bits per heavy atom. The Morgan fingerprint density at radius 3 is 2.75 bits per heavy atom. The highest BCUT2D eigenvalue weighted by molar-refractivity contribution is 7.10. The van der Waals surface area contributed by atoms with Gasteiger partial charge in [-0.1, -0.05) is 26.7 Å². The lowest BCUT2D eigenvalue weighted by Crippen LogP contribution is -2.45. The second-order valence-corrected chi connectivity index (χ2v) is 6.54. The number of carbonyl (C=O) groups excluding carboxylic acids is 1. The van der Waals surface area contributed by atoms with Crippen molar-refractivity contribution in [3.8, 4) is 6.07 Å². The van der Waals surface area contributed by atoms with E-state index in [0.29, 0.717) is 19.4 Å². The van der Waals surface area contributed by atoms with Gasteiger partial charge in [0.25, 0.3) is 0 Å². The van der Waals surface area contributed by atoms with E-state index in [1.807, 2.05) is 18.7 Å². The van der Waals surface area contributed by atoms with Crippen LogP contribution in [0.3, 0.4) is 0 Å². The maximum atomic E-state index is 12.9. The average Bonchev–Trinajstić information content (AvgIpc) is 2.93. The van der Waals surface area contributed by atoms with Gasteiger partial charge in [0, 0.05) is 18.0 Å². The molecule has 3 nitrogen and oxygen atoms in total. The molecule has 1 amide bonds. The monoisotopic (exact) mass is 290 g/mol. The van der Waals surface area contributed by atoms with Gasteiger partial charge in [-0.05, 0) is 36.3 Å². The first kappa shape index (κ1) is 15.1. The maximum absolute atomic E-state index is 12.9. The van der Waals surface area contributed by atoms with Crippen LogP contribution in [-0.2, 0) is 17.8 Å². The summed E-state index contributed by atoms with van der Waals surface area (Å²) in [6.07, 6.45) is 4.01. The summed E-state index contributed by atoms with van der Waals surface area (Å²) in [5.74, 6) is 0.0422. The topological polar surface area (TPSA) is 44.1 Å². The molecule has 0 radical (unpaired) electrons. The van der Waals surface area contributed by atoms with Crippen LogP contribution in [0.5, 0.6) is 0 Å². The summed E-state index contributed by atoms with van der Waals surface area (Å²) in [6.45, 7) is 5.52. The molecule has 0 aromatic carbocycles. The van der Waals surface area contributed by atoms with Gasteiger partial charge in [-0.15, -0.1) is 11.3 Å². The highest BCUT2D eigenvalue weighted by Crippen LogP contribution is 2.34. The Hall–Kier alpha value is -1.34. The van der Waals surface area contributed by atoms with Crippen molar-refractivity contribution >= 4 is 17.2 Å².